The molecule has 0 aliphatic carbocycles. The average Bonchev–Trinajstić information content (AvgIpc) is 2.76. The molecule has 0 amide bonds. The zero-order valence-electron chi connectivity index (χ0n) is 9.20. The Morgan fingerprint density at radius 2 is 2.31 bits per heavy atom. The van der Waals surface area contributed by atoms with E-state index in [9.17, 15) is 0 Å². The fraction of sp³-hybridized carbons (Fsp3) is 0.273. The first-order valence-corrected chi connectivity index (χ1v) is 5.20. The number of aromatic amines is 1. The topological polar surface area (TPSA) is 79.6 Å². The average molecular weight is 217 g/mol. The second-order valence-corrected chi connectivity index (χ2v) is 3.68. The molecule has 1 aromatic heterocycles. The van der Waals surface area contributed by atoms with Gasteiger partial charge in [0.1, 0.15) is 12.2 Å². The molecule has 5 heteroatoms. The van der Waals surface area contributed by atoms with E-state index in [4.69, 9.17) is 5.73 Å². The van der Waals surface area contributed by atoms with E-state index in [0.717, 1.165) is 35.7 Å². The van der Waals surface area contributed by atoms with Gasteiger partial charge >= 0.3 is 0 Å². The number of hydrogen-bond acceptors (Lipinski definition) is 4. The van der Waals surface area contributed by atoms with Crippen LogP contribution in [0.25, 0.3) is 0 Å². The summed E-state index contributed by atoms with van der Waals surface area (Å²) in [6, 6.07) is 5.92. The molecule has 4 N–H and O–H groups in total. The number of nitrogen functional groups attached to an aromatic ring is 1. The number of H-pyrrole nitrogens is 1. The Morgan fingerprint density at radius 3 is 3.00 bits per heavy atom. The first-order valence-electron chi connectivity index (χ1n) is 5.20. The standard InChI is InChI=1S/C11H15N5/c1-8-6-9(2-3-10(8)12)13-5-4-11-14-7-15-16-11/h2-3,6-7,13H,4-5,12H2,1H3,(H,14,15,16). The molecule has 1 aromatic carbocycles. The molecular weight excluding hydrogens is 202 g/mol. The van der Waals surface area contributed by atoms with Crippen LogP contribution in [0.15, 0.2) is 24.5 Å². The number of aromatic nitrogens is 3. The lowest BCUT2D eigenvalue weighted by molar-refractivity contribution is 0.901. The second-order valence-electron chi connectivity index (χ2n) is 3.68. The number of aryl methyl sites for hydroxylation is 1. The van der Waals surface area contributed by atoms with Crippen molar-refractivity contribution in [3.05, 3.63) is 35.9 Å². The predicted molar refractivity (Wildman–Crippen MR) is 64.2 cm³/mol. The second kappa shape index (κ2) is 4.65. The van der Waals surface area contributed by atoms with E-state index in [1.807, 2.05) is 25.1 Å². The lowest BCUT2D eigenvalue weighted by atomic mass is 10.2. The molecule has 0 aliphatic heterocycles. The van der Waals surface area contributed by atoms with Crippen molar-refractivity contribution in [2.24, 2.45) is 0 Å². The number of anilines is 2. The van der Waals surface area contributed by atoms with Crippen LogP contribution < -0.4 is 11.1 Å². The molecule has 0 saturated heterocycles. The van der Waals surface area contributed by atoms with Crippen molar-refractivity contribution in [1.29, 1.82) is 0 Å². The minimum Gasteiger partial charge on any atom is -0.399 e. The highest BCUT2D eigenvalue weighted by Crippen LogP contribution is 2.16. The van der Waals surface area contributed by atoms with Crippen LogP contribution in [-0.2, 0) is 6.42 Å². The summed E-state index contributed by atoms with van der Waals surface area (Å²) in [7, 11) is 0. The van der Waals surface area contributed by atoms with Crippen LogP contribution in [0.3, 0.4) is 0 Å². The Hall–Kier alpha value is -2.04. The van der Waals surface area contributed by atoms with E-state index >= 15 is 0 Å². The van der Waals surface area contributed by atoms with Crippen molar-refractivity contribution in [3.63, 3.8) is 0 Å². The molecule has 5 nitrogen and oxygen atoms in total. The van der Waals surface area contributed by atoms with Gasteiger partial charge in [-0.05, 0) is 30.7 Å². The van der Waals surface area contributed by atoms with Crippen LogP contribution in [0.5, 0.6) is 0 Å². The number of nitrogens with one attached hydrogen (secondary N) is 2. The maximum absolute atomic E-state index is 5.74. The van der Waals surface area contributed by atoms with Crippen LogP contribution in [-0.4, -0.2) is 21.7 Å². The number of benzene rings is 1. The Morgan fingerprint density at radius 1 is 1.44 bits per heavy atom. The third-order valence-electron chi connectivity index (χ3n) is 2.43. The van der Waals surface area contributed by atoms with Crippen LogP contribution in [0.2, 0.25) is 0 Å². The highest BCUT2D eigenvalue weighted by atomic mass is 15.2. The summed E-state index contributed by atoms with van der Waals surface area (Å²) in [6.07, 6.45) is 2.34. The summed E-state index contributed by atoms with van der Waals surface area (Å²) in [5.41, 5.74) is 8.73. The molecule has 0 spiro atoms. The molecule has 1 heterocycles. The molecule has 0 radical (unpaired) electrons. The first kappa shape index (κ1) is 10.5. The van der Waals surface area contributed by atoms with Gasteiger partial charge in [-0.2, -0.15) is 5.10 Å². The number of nitrogens with zero attached hydrogens (tertiary/aromatic N) is 2. The van der Waals surface area contributed by atoms with E-state index in [1.54, 1.807) is 0 Å². The van der Waals surface area contributed by atoms with Gasteiger partial charge in [-0.15, -0.1) is 0 Å². The summed E-state index contributed by atoms with van der Waals surface area (Å²) in [5.74, 6) is 0.889. The molecule has 2 rings (SSSR count). The molecule has 0 fully saturated rings. The summed E-state index contributed by atoms with van der Waals surface area (Å²) in [5, 5.41) is 9.92. The third-order valence-corrected chi connectivity index (χ3v) is 2.43. The smallest absolute Gasteiger partial charge is 0.137 e. The van der Waals surface area contributed by atoms with Crippen molar-refractivity contribution in [2.45, 2.75) is 13.3 Å². The SMILES string of the molecule is Cc1cc(NCCc2ncn[nH]2)ccc1N. The molecule has 0 saturated carbocycles. The van der Waals surface area contributed by atoms with Crippen LogP contribution in [0.1, 0.15) is 11.4 Å². The first-order chi connectivity index (χ1) is 7.75. The summed E-state index contributed by atoms with van der Waals surface area (Å²) >= 11 is 0. The summed E-state index contributed by atoms with van der Waals surface area (Å²) in [6.45, 7) is 2.81. The highest BCUT2D eigenvalue weighted by molar-refractivity contribution is 5.56. The van der Waals surface area contributed by atoms with Gasteiger partial charge in [-0.25, -0.2) is 4.98 Å². The minimum atomic E-state index is 0.818. The maximum atomic E-state index is 5.74. The van der Waals surface area contributed by atoms with E-state index in [2.05, 4.69) is 20.5 Å². The Kier molecular flexibility index (Phi) is 3.05. The fourth-order valence-corrected chi connectivity index (χ4v) is 1.46. The molecule has 0 aliphatic rings. The third kappa shape index (κ3) is 2.50. The van der Waals surface area contributed by atoms with Gasteiger partial charge < -0.3 is 11.1 Å². The van der Waals surface area contributed by atoms with Gasteiger partial charge in [0.25, 0.3) is 0 Å². The van der Waals surface area contributed by atoms with Gasteiger partial charge in [-0.3, -0.25) is 5.10 Å². The van der Waals surface area contributed by atoms with Gasteiger partial charge in [-0.1, -0.05) is 0 Å². The summed E-state index contributed by atoms with van der Waals surface area (Å²) < 4.78 is 0. The van der Waals surface area contributed by atoms with Gasteiger partial charge in [0.2, 0.25) is 0 Å². The van der Waals surface area contributed by atoms with Crippen molar-refractivity contribution < 1.29 is 0 Å². The maximum Gasteiger partial charge on any atom is 0.137 e. The Labute approximate surface area is 94.1 Å². The largest absolute Gasteiger partial charge is 0.399 e. The fourth-order valence-electron chi connectivity index (χ4n) is 1.46. The normalized spacial score (nSPS) is 10.3. The zero-order chi connectivity index (χ0) is 11.4. The van der Waals surface area contributed by atoms with Gasteiger partial charge in [0.15, 0.2) is 0 Å². The molecule has 2 aromatic rings. The number of nitrogens with two attached hydrogens (primary N) is 1. The lowest BCUT2D eigenvalue weighted by Crippen LogP contribution is -2.06. The monoisotopic (exact) mass is 217 g/mol. The quantitative estimate of drug-likeness (QED) is 0.675. The van der Waals surface area contributed by atoms with E-state index < -0.39 is 0 Å². The zero-order valence-corrected chi connectivity index (χ0v) is 9.20. The Balaban J connectivity index is 1.87. The summed E-state index contributed by atoms with van der Waals surface area (Å²) in [4.78, 5) is 4.05. The number of rotatable bonds is 4. The van der Waals surface area contributed by atoms with Gasteiger partial charge in [0.05, 0.1) is 0 Å². The van der Waals surface area contributed by atoms with Crippen LogP contribution >= 0.6 is 0 Å². The van der Waals surface area contributed by atoms with E-state index in [1.165, 1.54) is 6.33 Å². The van der Waals surface area contributed by atoms with E-state index in [0.29, 0.717) is 0 Å². The molecule has 0 unspecified atom stereocenters. The lowest BCUT2D eigenvalue weighted by Gasteiger charge is -2.07. The predicted octanol–water partition coefficient (Wildman–Crippen LogP) is 1.35. The van der Waals surface area contributed by atoms with Crippen molar-refractivity contribution in [2.75, 3.05) is 17.6 Å². The molecule has 16 heavy (non-hydrogen) atoms. The highest BCUT2D eigenvalue weighted by Gasteiger charge is 1.98. The van der Waals surface area contributed by atoms with Gasteiger partial charge in [0, 0.05) is 24.3 Å². The minimum absolute atomic E-state index is 0.818. The van der Waals surface area contributed by atoms with Crippen LogP contribution in [0, 0.1) is 6.92 Å². The van der Waals surface area contributed by atoms with Crippen molar-refractivity contribution in [3.8, 4) is 0 Å². The van der Waals surface area contributed by atoms with Crippen molar-refractivity contribution in [1.82, 2.24) is 15.2 Å². The molecule has 0 bridgehead atoms. The van der Waals surface area contributed by atoms with E-state index in [-0.39, 0.29) is 0 Å². The van der Waals surface area contributed by atoms with Crippen LogP contribution in [0.4, 0.5) is 11.4 Å². The Bertz CT molecular complexity index is 449. The molecular formula is C11H15N5. The molecule has 84 valence electrons. The molecule has 0 atom stereocenters. The number of hydrogen-bond donors (Lipinski definition) is 3. The van der Waals surface area contributed by atoms with Crippen molar-refractivity contribution >= 4 is 11.4 Å².